The van der Waals surface area contributed by atoms with Gasteiger partial charge in [-0.05, 0) is 49.0 Å². The van der Waals surface area contributed by atoms with Crippen LogP contribution in [0.3, 0.4) is 0 Å². The van der Waals surface area contributed by atoms with E-state index in [2.05, 4.69) is 21.2 Å². The number of phenolic OH excluding ortho intramolecular Hbond substituents is 1. The average molecular weight is 654 g/mol. The SMILES string of the molecule is C#Cc1c(F)ccc2cc(O)cc(-c3c(F)cc4c(N5CC6(F)CCC(F)(C5)N6)nc(OC[C@@]56CCCN5C[C@H](F)C6)nc4c3F)c12. The van der Waals surface area contributed by atoms with E-state index in [4.69, 9.17) is 11.2 Å². The van der Waals surface area contributed by atoms with E-state index in [1.165, 1.54) is 17.0 Å². The second-order valence-corrected chi connectivity index (χ2v) is 13.2. The normalized spacial score (nSPS) is 28.7. The number of ether oxygens (including phenoxy) is 1. The van der Waals surface area contributed by atoms with Crippen molar-refractivity contribution in [3.05, 3.63) is 53.3 Å². The van der Waals surface area contributed by atoms with Crippen LogP contribution >= 0.6 is 0 Å². The molecule has 47 heavy (non-hydrogen) atoms. The zero-order valence-electron chi connectivity index (χ0n) is 25.0. The average Bonchev–Trinajstić information content (AvgIpc) is 3.61. The minimum atomic E-state index is -2.11. The number of rotatable bonds is 5. The number of hydrogen-bond acceptors (Lipinski definition) is 7. The maximum Gasteiger partial charge on any atom is 0.319 e. The number of terminal acetylenes is 1. The summed E-state index contributed by atoms with van der Waals surface area (Å²) in [4.78, 5) is 12.0. The van der Waals surface area contributed by atoms with E-state index >= 15 is 17.6 Å². The van der Waals surface area contributed by atoms with Crippen LogP contribution in [0.15, 0.2) is 30.3 Å². The zero-order valence-corrected chi connectivity index (χ0v) is 25.0. The molecular weight excluding hydrogens is 624 g/mol. The van der Waals surface area contributed by atoms with Crippen molar-refractivity contribution in [2.45, 2.75) is 55.4 Å². The van der Waals surface area contributed by atoms with E-state index in [1.807, 2.05) is 4.90 Å². The molecule has 4 atom stereocenters. The minimum absolute atomic E-state index is 0.00643. The van der Waals surface area contributed by atoms with Crippen LogP contribution in [-0.4, -0.2) is 76.1 Å². The third-order valence-electron chi connectivity index (χ3n) is 10.1. The zero-order chi connectivity index (χ0) is 32.9. The molecule has 4 aliphatic heterocycles. The maximum atomic E-state index is 16.8. The molecule has 4 saturated heterocycles. The van der Waals surface area contributed by atoms with Gasteiger partial charge in [0.25, 0.3) is 0 Å². The molecule has 2 bridgehead atoms. The van der Waals surface area contributed by atoms with E-state index in [0.29, 0.717) is 13.0 Å². The summed E-state index contributed by atoms with van der Waals surface area (Å²) in [5.41, 5.74) is -2.18. The highest BCUT2D eigenvalue weighted by Crippen LogP contribution is 2.45. The second-order valence-electron chi connectivity index (χ2n) is 13.2. The summed E-state index contributed by atoms with van der Waals surface area (Å²) in [6.07, 6.45) is 6.08. The summed E-state index contributed by atoms with van der Waals surface area (Å²) >= 11 is 0. The van der Waals surface area contributed by atoms with Gasteiger partial charge >= 0.3 is 6.01 Å². The number of piperazine rings is 1. The van der Waals surface area contributed by atoms with E-state index in [9.17, 15) is 13.9 Å². The van der Waals surface area contributed by atoms with Gasteiger partial charge in [0.15, 0.2) is 17.4 Å². The van der Waals surface area contributed by atoms with Crippen molar-refractivity contribution in [3.63, 3.8) is 0 Å². The number of phenols is 1. The van der Waals surface area contributed by atoms with E-state index in [-0.39, 0.29) is 90.4 Å². The Labute approximate surface area is 265 Å². The standard InChI is InChI=1S/C34H29F6N5O2/c1-2-21-24(36)5-4-18-10-20(46)11-22(26(18)21)27-25(37)12-23-29(28(27)38)41-31(47-17-32-6-3-9-45(32)14-19(35)13-32)42-30(23)44-15-33(39)7-8-34(40,16-44)43-33/h1,4-5,10-12,19,43,46H,3,6-9,13-17H2/t19-,32+,33?,34?/m1/s1. The number of halogens is 6. The Morgan fingerprint density at radius 3 is 2.55 bits per heavy atom. The molecule has 244 valence electrons. The van der Waals surface area contributed by atoms with Gasteiger partial charge in [-0.3, -0.25) is 4.90 Å². The number of benzene rings is 3. The predicted molar refractivity (Wildman–Crippen MR) is 163 cm³/mol. The Kier molecular flexibility index (Phi) is 6.63. The van der Waals surface area contributed by atoms with Gasteiger partial charge < -0.3 is 14.7 Å². The fourth-order valence-corrected chi connectivity index (χ4v) is 8.09. The maximum absolute atomic E-state index is 16.8. The second kappa shape index (κ2) is 10.4. The molecule has 5 heterocycles. The number of anilines is 1. The molecule has 2 N–H and O–H groups in total. The molecular formula is C34H29F6N5O2. The van der Waals surface area contributed by atoms with Crippen molar-refractivity contribution in [1.29, 1.82) is 0 Å². The lowest BCUT2D eigenvalue weighted by Gasteiger charge is -2.40. The Hall–Kier alpha value is -4.28. The smallest absolute Gasteiger partial charge is 0.319 e. The monoisotopic (exact) mass is 653 g/mol. The molecule has 13 heteroatoms. The van der Waals surface area contributed by atoms with Crippen LogP contribution in [0.5, 0.6) is 11.8 Å². The quantitative estimate of drug-likeness (QED) is 0.155. The summed E-state index contributed by atoms with van der Waals surface area (Å²) in [6.45, 7) is 0.218. The van der Waals surface area contributed by atoms with Gasteiger partial charge in [-0.15, -0.1) is 6.42 Å². The van der Waals surface area contributed by atoms with Gasteiger partial charge in [0.2, 0.25) is 0 Å². The first-order chi connectivity index (χ1) is 22.4. The van der Waals surface area contributed by atoms with Crippen LogP contribution in [-0.2, 0) is 0 Å². The highest BCUT2D eigenvalue weighted by atomic mass is 19.2. The number of fused-ring (bicyclic) bond motifs is 5. The molecule has 0 aliphatic carbocycles. The van der Waals surface area contributed by atoms with E-state index < -0.39 is 51.8 Å². The van der Waals surface area contributed by atoms with Crippen molar-refractivity contribution in [2.24, 2.45) is 0 Å². The first-order valence-electron chi connectivity index (χ1n) is 15.5. The van der Waals surface area contributed by atoms with Gasteiger partial charge in [0.1, 0.15) is 41.5 Å². The number of aromatic nitrogens is 2. The lowest BCUT2D eigenvalue weighted by atomic mass is 9.92. The van der Waals surface area contributed by atoms with E-state index in [1.54, 1.807) is 0 Å². The summed E-state index contributed by atoms with van der Waals surface area (Å²) in [6, 6.07) is 5.39. The highest BCUT2D eigenvalue weighted by Gasteiger charge is 2.55. The lowest BCUT2D eigenvalue weighted by molar-refractivity contribution is 0.0435. The van der Waals surface area contributed by atoms with Crippen molar-refractivity contribution >= 4 is 27.5 Å². The fourth-order valence-electron chi connectivity index (χ4n) is 8.09. The number of alkyl halides is 3. The van der Waals surface area contributed by atoms with Crippen molar-refractivity contribution in [1.82, 2.24) is 20.2 Å². The number of nitrogens with zero attached hydrogens (tertiary/aromatic N) is 4. The summed E-state index contributed by atoms with van der Waals surface area (Å²) in [5, 5.41) is 12.9. The predicted octanol–water partition coefficient (Wildman–Crippen LogP) is 6.04. The first-order valence-corrected chi connectivity index (χ1v) is 15.5. The highest BCUT2D eigenvalue weighted by molar-refractivity contribution is 6.04. The number of hydrogen-bond donors (Lipinski definition) is 2. The minimum Gasteiger partial charge on any atom is -0.508 e. The summed E-state index contributed by atoms with van der Waals surface area (Å²) < 4.78 is 99.4. The Morgan fingerprint density at radius 2 is 1.81 bits per heavy atom. The molecule has 2 unspecified atom stereocenters. The molecule has 3 aromatic carbocycles. The topological polar surface area (TPSA) is 73.8 Å². The molecule has 8 rings (SSSR count). The van der Waals surface area contributed by atoms with E-state index in [0.717, 1.165) is 24.6 Å². The molecule has 0 spiro atoms. The molecule has 4 fully saturated rings. The molecule has 0 amide bonds. The van der Waals surface area contributed by atoms with Crippen LogP contribution in [0.2, 0.25) is 0 Å². The number of nitrogens with one attached hydrogen (secondary N) is 1. The van der Waals surface area contributed by atoms with Gasteiger partial charge in [0, 0.05) is 42.1 Å². The Balaban J connectivity index is 1.32. The van der Waals surface area contributed by atoms with Crippen molar-refractivity contribution in [3.8, 4) is 35.2 Å². The first kappa shape index (κ1) is 30.1. The van der Waals surface area contributed by atoms with Crippen LogP contribution < -0.4 is 15.0 Å². The van der Waals surface area contributed by atoms with Crippen molar-refractivity contribution in [2.75, 3.05) is 37.7 Å². The summed E-state index contributed by atoms with van der Waals surface area (Å²) in [7, 11) is 0. The van der Waals surface area contributed by atoms with Crippen LogP contribution in [0.25, 0.3) is 32.8 Å². The lowest BCUT2D eigenvalue weighted by Crippen LogP contribution is -2.62. The largest absolute Gasteiger partial charge is 0.508 e. The molecule has 0 radical (unpaired) electrons. The van der Waals surface area contributed by atoms with Gasteiger partial charge in [0.05, 0.1) is 29.8 Å². The van der Waals surface area contributed by atoms with Gasteiger partial charge in [-0.2, -0.15) is 9.97 Å². The fraction of sp³-hybridized carbons (Fsp3) is 0.412. The molecule has 7 nitrogen and oxygen atoms in total. The number of aromatic hydroxyl groups is 1. The third kappa shape index (κ3) is 4.75. The van der Waals surface area contributed by atoms with Crippen LogP contribution in [0.1, 0.15) is 37.7 Å². The van der Waals surface area contributed by atoms with Crippen LogP contribution in [0, 0.1) is 29.8 Å². The molecule has 0 saturated carbocycles. The summed E-state index contributed by atoms with van der Waals surface area (Å²) in [5.74, 6) is -5.62. The van der Waals surface area contributed by atoms with Crippen LogP contribution in [0.4, 0.5) is 32.2 Å². The third-order valence-corrected chi connectivity index (χ3v) is 10.1. The molecule has 4 aliphatic rings. The Morgan fingerprint density at radius 1 is 1.04 bits per heavy atom. The van der Waals surface area contributed by atoms with Crippen molar-refractivity contribution < 1.29 is 36.2 Å². The van der Waals surface area contributed by atoms with Gasteiger partial charge in [-0.25, -0.2) is 31.7 Å². The Bertz CT molecular complexity index is 2010. The molecule has 1 aromatic heterocycles. The van der Waals surface area contributed by atoms with Gasteiger partial charge in [-0.1, -0.05) is 12.0 Å². The molecule has 4 aromatic rings.